The van der Waals surface area contributed by atoms with Crippen molar-refractivity contribution in [3.05, 3.63) is 70.3 Å². The van der Waals surface area contributed by atoms with Gasteiger partial charge in [-0.2, -0.15) is 0 Å². The number of carbonyl (C=O) groups excluding carboxylic acids is 1. The van der Waals surface area contributed by atoms with E-state index in [4.69, 9.17) is 0 Å². The number of aryl methyl sites for hydroxylation is 3. The molecule has 1 fully saturated rings. The summed E-state index contributed by atoms with van der Waals surface area (Å²) in [7, 11) is -3.39. The van der Waals surface area contributed by atoms with Gasteiger partial charge in [0, 0.05) is 19.0 Å². The summed E-state index contributed by atoms with van der Waals surface area (Å²) in [6.07, 6.45) is 1.93. The van der Waals surface area contributed by atoms with E-state index in [9.17, 15) is 13.2 Å². The maximum absolute atomic E-state index is 12.9. The third kappa shape index (κ3) is 5.74. The summed E-state index contributed by atoms with van der Waals surface area (Å²) in [5.74, 6) is -0.104. The van der Waals surface area contributed by atoms with Gasteiger partial charge in [0.15, 0.2) is 0 Å². The minimum Gasteiger partial charge on any atom is -0.349 e. The standard InChI is InChI=1S/C25H34N2O3S/c1-5-24(22-11-10-18(2)20(4)16-22)26-25(28)21-12-14-27(15-13-21)31(29,30)17-23-9-7-6-8-19(23)3/h6-11,16,21,24H,5,12-15,17H2,1-4H3,(H,26,28). The number of carbonyl (C=O) groups is 1. The van der Waals surface area contributed by atoms with Gasteiger partial charge in [-0.05, 0) is 67.9 Å². The Labute approximate surface area is 186 Å². The lowest BCUT2D eigenvalue weighted by atomic mass is 9.95. The summed E-state index contributed by atoms with van der Waals surface area (Å²) in [6, 6.07) is 13.9. The van der Waals surface area contributed by atoms with Crippen molar-refractivity contribution in [2.45, 2.75) is 58.8 Å². The highest BCUT2D eigenvalue weighted by Gasteiger charge is 2.32. The van der Waals surface area contributed by atoms with Gasteiger partial charge in [-0.3, -0.25) is 4.79 Å². The number of benzene rings is 2. The normalized spacial score (nSPS) is 16.8. The second-order valence-corrected chi connectivity index (χ2v) is 10.6. The lowest BCUT2D eigenvalue weighted by molar-refractivity contribution is -0.126. The topological polar surface area (TPSA) is 66.5 Å². The largest absolute Gasteiger partial charge is 0.349 e. The molecule has 3 rings (SSSR count). The fourth-order valence-electron chi connectivity index (χ4n) is 4.15. The van der Waals surface area contributed by atoms with Gasteiger partial charge in [0.25, 0.3) is 0 Å². The molecule has 1 amide bonds. The molecule has 168 valence electrons. The molecule has 1 unspecified atom stereocenters. The number of piperidine rings is 1. The summed E-state index contributed by atoms with van der Waals surface area (Å²) >= 11 is 0. The smallest absolute Gasteiger partial charge is 0.223 e. The van der Waals surface area contributed by atoms with Crippen molar-refractivity contribution in [3.8, 4) is 0 Å². The van der Waals surface area contributed by atoms with Crippen LogP contribution in [0.2, 0.25) is 0 Å². The van der Waals surface area contributed by atoms with Crippen LogP contribution in [0.15, 0.2) is 42.5 Å². The van der Waals surface area contributed by atoms with Crippen LogP contribution in [0.25, 0.3) is 0 Å². The third-order valence-electron chi connectivity index (χ3n) is 6.48. The van der Waals surface area contributed by atoms with Crippen LogP contribution in [-0.4, -0.2) is 31.7 Å². The number of hydrogen-bond acceptors (Lipinski definition) is 3. The Morgan fingerprint density at radius 1 is 1.03 bits per heavy atom. The van der Waals surface area contributed by atoms with Crippen molar-refractivity contribution in [1.82, 2.24) is 9.62 Å². The average molecular weight is 443 g/mol. The number of nitrogens with one attached hydrogen (secondary N) is 1. The predicted molar refractivity (Wildman–Crippen MR) is 125 cm³/mol. The highest BCUT2D eigenvalue weighted by molar-refractivity contribution is 7.88. The lowest BCUT2D eigenvalue weighted by Crippen LogP contribution is -2.44. The molecular weight excluding hydrogens is 408 g/mol. The first-order chi connectivity index (χ1) is 14.7. The lowest BCUT2D eigenvalue weighted by Gasteiger charge is -2.31. The first kappa shape index (κ1) is 23.5. The molecule has 0 aliphatic carbocycles. The molecule has 31 heavy (non-hydrogen) atoms. The molecule has 1 atom stereocenters. The Morgan fingerprint density at radius 2 is 1.71 bits per heavy atom. The van der Waals surface area contributed by atoms with Gasteiger partial charge in [-0.1, -0.05) is 49.4 Å². The Morgan fingerprint density at radius 3 is 2.32 bits per heavy atom. The van der Waals surface area contributed by atoms with E-state index in [0.717, 1.165) is 23.1 Å². The van der Waals surface area contributed by atoms with Crippen LogP contribution in [0.4, 0.5) is 0 Å². The molecular formula is C25H34N2O3S. The molecule has 0 aromatic heterocycles. The monoisotopic (exact) mass is 442 g/mol. The minimum absolute atomic E-state index is 0.0151. The minimum atomic E-state index is -3.39. The molecule has 5 nitrogen and oxygen atoms in total. The second-order valence-electron chi connectivity index (χ2n) is 8.67. The van der Waals surface area contributed by atoms with Crippen LogP contribution >= 0.6 is 0 Å². The highest BCUT2D eigenvalue weighted by Crippen LogP contribution is 2.25. The zero-order valence-corrected chi connectivity index (χ0v) is 19.8. The van der Waals surface area contributed by atoms with Crippen molar-refractivity contribution in [3.63, 3.8) is 0 Å². The van der Waals surface area contributed by atoms with Crippen LogP contribution in [0.5, 0.6) is 0 Å². The van der Waals surface area contributed by atoms with Crippen molar-refractivity contribution in [1.29, 1.82) is 0 Å². The number of nitrogens with zero attached hydrogens (tertiary/aromatic N) is 1. The quantitative estimate of drug-likeness (QED) is 0.690. The molecule has 0 radical (unpaired) electrons. The van der Waals surface area contributed by atoms with Gasteiger partial charge in [0.05, 0.1) is 11.8 Å². The molecule has 6 heteroatoms. The zero-order chi connectivity index (χ0) is 22.6. The molecule has 0 spiro atoms. The second kappa shape index (κ2) is 9.96. The van der Waals surface area contributed by atoms with Crippen molar-refractivity contribution >= 4 is 15.9 Å². The number of sulfonamides is 1. The molecule has 2 aromatic rings. The van der Waals surface area contributed by atoms with Crippen LogP contribution in [0, 0.1) is 26.7 Å². The number of hydrogen-bond donors (Lipinski definition) is 1. The van der Waals surface area contributed by atoms with Gasteiger partial charge in [0.1, 0.15) is 0 Å². The molecule has 0 saturated carbocycles. The number of amides is 1. The molecule has 1 heterocycles. The Balaban J connectivity index is 1.58. The van der Waals surface area contributed by atoms with E-state index >= 15 is 0 Å². The molecule has 1 aliphatic rings. The van der Waals surface area contributed by atoms with E-state index in [0.29, 0.717) is 25.9 Å². The molecule has 1 saturated heterocycles. The maximum atomic E-state index is 12.9. The average Bonchev–Trinajstić information content (AvgIpc) is 2.75. The Kier molecular flexibility index (Phi) is 7.55. The van der Waals surface area contributed by atoms with Gasteiger partial charge in [-0.25, -0.2) is 12.7 Å². The summed E-state index contributed by atoms with van der Waals surface area (Å²) in [6.45, 7) is 8.96. The van der Waals surface area contributed by atoms with Crippen LogP contribution < -0.4 is 5.32 Å². The van der Waals surface area contributed by atoms with Gasteiger partial charge in [0.2, 0.25) is 15.9 Å². The maximum Gasteiger partial charge on any atom is 0.223 e. The van der Waals surface area contributed by atoms with Gasteiger partial charge in [-0.15, -0.1) is 0 Å². The van der Waals surface area contributed by atoms with Crippen molar-refractivity contribution < 1.29 is 13.2 Å². The zero-order valence-electron chi connectivity index (χ0n) is 19.0. The SMILES string of the molecule is CCC(NC(=O)C1CCN(S(=O)(=O)Cc2ccccc2C)CC1)c1ccc(C)c(C)c1. The van der Waals surface area contributed by atoms with Crippen molar-refractivity contribution in [2.75, 3.05) is 13.1 Å². The Hall–Kier alpha value is -2.18. The predicted octanol–water partition coefficient (Wildman–Crippen LogP) is 4.42. The van der Waals surface area contributed by atoms with E-state index in [1.165, 1.54) is 11.1 Å². The molecule has 0 bridgehead atoms. The van der Waals surface area contributed by atoms with E-state index in [2.05, 4.69) is 44.3 Å². The van der Waals surface area contributed by atoms with Crippen molar-refractivity contribution in [2.24, 2.45) is 5.92 Å². The van der Waals surface area contributed by atoms with E-state index in [1.807, 2.05) is 31.2 Å². The summed E-state index contributed by atoms with van der Waals surface area (Å²) in [4.78, 5) is 12.9. The molecule has 1 N–H and O–H groups in total. The van der Waals surface area contributed by atoms with Crippen LogP contribution in [-0.2, 0) is 20.6 Å². The van der Waals surface area contributed by atoms with E-state index in [-0.39, 0.29) is 23.6 Å². The highest BCUT2D eigenvalue weighted by atomic mass is 32.2. The first-order valence-corrected chi connectivity index (χ1v) is 12.7. The fraction of sp³-hybridized carbons (Fsp3) is 0.480. The Bertz CT molecular complexity index is 1020. The molecule has 1 aliphatic heterocycles. The number of rotatable bonds is 7. The molecule has 2 aromatic carbocycles. The van der Waals surface area contributed by atoms with Gasteiger partial charge < -0.3 is 5.32 Å². The van der Waals surface area contributed by atoms with Crippen LogP contribution in [0.1, 0.15) is 60.0 Å². The first-order valence-electron chi connectivity index (χ1n) is 11.1. The fourth-order valence-corrected chi connectivity index (χ4v) is 5.81. The van der Waals surface area contributed by atoms with E-state index in [1.54, 1.807) is 4.31 Å². The van der Waals surface area contributed by atoms with Crippen LogP contribution in [0.3, 0.4) is 0 Å². The summed E-state index contributed by atoms with van der Waals surface area (Å²) in [5.41, 5.74) is 5.40. The summed E-state index contributed by atoms with van der Waals surface area (Å²) < 4.78 is 27.3. The van der Waals surface area contributed by atoms with E-state index < -0.39 is 10.0 Å². The third-order valence-corrected chi connectivity index (χ3v) is 8.30. The summed E-state index contributed by atoms with van der Waals surface area (Å²) in [5, 5.41) is 3.19. The van der Waals surface area contributed by atoms with Gasteiger partial charge >= 0.3 is 0 Å².